The largest absolute Gasteiger partial charge is 1.00 e. The average molecular weight is 245 g/mol. The fraction of sp³-hybridized carbons (Fsp3) is 0. The number of hydrogen-bond acceptors (Lipinski definition) is 4. The van der Waals surface area contributed by atoms with E-state index in [0.717, 1.165) is 6.07 Å². The van der Waals surface area contributed by atoms with E-state index in [9.17, 15) is 19.8 Å². The second kappa shape index (κ2) is 7.68. The Labute approximate surface area is 135 Å². The summed E-state index contributed by atoms with van der Waals surface area (Å²) in [6.07, 6.45) is 0. The molecule has 0 heterocycles. The molecule has 1 aromatic carbocycles. The zero-order valence-corrected chi connectivity index (χ0v) is 13.0. The van der Waals surface area contributed by atoms with Gasteiger partial charge in [0.05, 0.1) is 17.0 Å². The SMILES string of the molecule is O=C([O-])c1cccc(Cl)c1C(=O)[O-].[Na+].[Na+]. The summed E-state index contributed by atoms with van der Waals surface area (Å²) < 4.78 is 0. The van der Waals surface area contributed by atoms with Crippen molar-refractivity contribution >= 4 is 23.5 Å². The monoisotopic (exact) mass is 244 g/mol. The molecule has 0 saturated heterocycles. The van der Waals surface area contributed by atoms with Gasteiger partial charge in [0.25, 0.3) is 0 Å². The summed E-state index contributed by atoms with van der Waals surface area (Å²) in [7, 11) is 0. The average Bonchev–Trinajstić information content (AvgIpc) is 2.02. The van der Waals surface area contributed by atoms with Crippen molar-refractivity contribution in [2.75, 3.05) is 0 Å². The van der Waals surface area contributed by atoms with E-state index in [1.807, 2.05) is 0 Å². The van der Waals surface area contributed by atoms with Crippen LogP contribution in [0, 0.1) is 0 Å². The third-order valence-corrected chi connectivity index (χ3v) is 1.75. The van der Waals surface area contributed by atoms with Gasteiger partial charge in [-0.2, -0.15) is 0 Å². The van der Waals surface area contributed by atoms with Crippen LogP contribution in [0.5, 0.6) is 0 Å². The molecule has 0 aliphatic carbocycles. The van der Waals surface area contributed by atoms with E-state index in [1.165, 1.54) is 12.1 Å². The molecule has 1 aromatic rings. The Balaban J connectivity index is 0. The number of aromatic carboxylic acids is 2. The van der Waals surface area contributed by atoms with Gasteiger partial charge in [0.1, 0.15) is 0 Å². The number of carboxylic acids is 2. The van der Waals surface area contributed by atoms with Crippen LogP contribution in [-0.4, -0.2) is 11.9 Å². The summed E-state index contributed by atoms with van der Waals surface area (Å²) in [5.41, 5.74) is -1.03. The predicted molar refractivity (Wildman–Crippen MR) is 40.1 cm³/mol. The minimum atomic E-state index is -1.63. The van der Waals surface area contributed by atoms with Crippen molar-refractivity contribution in [3.8, 4) is 0 Å². The maximum absolute atomic E-state index is 10.5. The van der Waals surface area contributed by atoms with Gasteiger partial charge in [-0.15, -0.1) is 0 Å². The van der Waals surface area contributed by atoms with Crippen molar-refractivity contribution in [3.63, 3.8) is 0 Å². The minimum Gasteiger partial charge on any atom is -0.545 e. The number of hydrogen-bond donors (Lipinski definition) is 0. The van der Waals surface area contributed by atoms with E-state index in [0.29, 0.717) is 0 Å². The topological polar surface area (TPSA) is 80.3 Å². The summed E-state index contributed by atoms with van der Waals surface area (Å²) in [6.45, 7) is 0. The zero-order chi connectivity index (χ0) is 10.0. The van der Waals surface area contributed by atoms with E-state index in [-0.39, 0.29) is 64.1 Å². The maximum atomic E-state index is 10.5. The molecule has 0 aliphatic rings. The second-order valence-corrected chi connectivity index (χ2v) is 2.64. The van der Waals surface area contributed by atoms with Crippen LogP contribution in [0.3, 0.4) is 0 Å². The first-order valence-electron chi connectivity index (χ1n) is 3.25. The Morgan fingerprint density at radius 3 is 1.93 bits per heavy atom. The molecule has 0 fully saturated rings. The summed E-state index contributed by atoms with van der Waals surface area (Å²) in [4.78, 5) is 20.9. The van der Waals surface area contributed by atoms with Gasteiger partial charge in [-0.05, 0) is 6.07 Å². The second-order valence-electron chi connectivity index (χ2n) is 2.24. The molecule has 0 aromatic heterocycles. The van der Waals surface area contributed by atoms with Crippen molar-refractivity contribution in [2.24, 2.45) is 0 Å². The fourth-order valence-corrected chi connectivity index (χ4v) is 1.15. The first kappa shape index (κ1) is 17.8. The summed E-state index contributed by atoms with van der Waals surface area (Å²) >= 11 is 5.46. The summed E-state index contributed by atoms with van der Waals surface area (Å²) in [5.74, 6) is -3.23. The number of carboxylic acid groups (broad SMARTS) is 2. The van der Waals surface area contributed by atoms with Crippen LogP contribution in [-0.2, 0) is 0 Å². The summed E-state index contributed by atoms with van der Waals surface area (Å²) in [5, 5.41) is 20.7. The van der Waals surface area contributed by atoms with Crippen molar-refractivity contribution in [2.45, 2.75) is 0 Å². The molecule has 4 nitrogen and oxygen atoms in total. The zero-order valence-electron chi connectivity index (χ0n) is 8.24. The smallest absolute Gasteiger partial charge is 0.545 e. The Hall–Kier alpha value is 0.450. The standard InChI is InChI=1S/C8H5ClO4.2Na/c9-5-3-1-2-4(7(10)11)6(5)8(12)13;;/h1-3H,(H,10,11)(H,12,13);;/q;2*+1/p-2. The molecule has 0 atom stereocenters. The molecule has 7 heteroatoms. The maximum Gasteiger partial charge on any atom is 1.00 e. The number of carbonyl (C=O) groups is 2. The number of carbonyl (C=O) groups excluding carboxylic acids is 2. The first-order valence-corrected chi connectivity index (χ1v) is 3.63. The van der Waals surface area contributed by atoms with E-state index in [1.54, 1.807) is 0 Å². The Kier molecular flexibility index (Phi) is 9.13. The van der Waals surface area contributed by atoms with Gasteiger partial charge in [0.15, 0.2) is 0 Å². The van der Waals surface area contributed by atoms with Crippen LogP contribution in [0.4, 0.5) is 0 Å². The molecule has 0 unspecified atom stereocenters. The summed E-state index contributed by atoms with van der Waals surface area (Å²) in [6, 6.07) is 3.67. The molecule has 0 spiro atoms. The van der Waals surface area contributed by atoms with Crippen molar-refractivity contribution in [3.05, 3.63) is 34.3 Å². The molecule has 0 N–H and O–H groups in total. The van der Waals surface area contributed by atoms with Crippen LogP contribution < -0.4 is 69.3 Å². The van der Waals surface area contributed by atoms with Gasteiger partial charge < -0.3 is 19.8 Å². The molecule has 0 saturated carbocycles. The van der Waals surface area contributed by atoms with E-state index < -0.39 is 23.1 Å². The van der Waals surface area contributed by atoms with Crippen LogP contribution in [0.25, 0.3) is 0 Å². The van der Waals surface area contributed by atoms with Gasteiger partial charge >= 0.3 is 59.1 Å². The van der Waals surface area contributed by atoms with Gasteiger partial charge in [-0.3, -0.25) is 0 Å². The molecular formula is C8H3ClNa2O4. The predicted octanol–water partition coefficient (Wildman–Crippen LogP) is -6.92. The molecule has 15 heavy (non-hydrogen) atoms. The molecule has 1 rings (SSSR count). The first-order chi connectivity index (χ1) is 6.04. The molecule has 0 bridgehead atoms. The Bertz CT molecular complexity index is 381. The molecule has 68 valence electrons. The number of rotatable bonds is 2. The van der Waals surface area contributed by atoms with Crippen LogP contribution in [0.15, 0.2) is 18.2 Å². The third kappa shape index (κ3) is 4.44. The van der Waals surface area contributed by atoms with Crippen molar-refractivity contribution in [1.29, 1.82) is 0 Å². The van der Waals surface area contributed by atoms with E-state index in [2.05, 4.69) is 0 Å². The van der Waals surface area contributed by atoms with Gasteiger partial charge in [0, 0.05) is 11.1 Å². The van der Waals surface area contributed by atoms with Crippen LogP contribution >= 0.6 is 11.6 Å². The number of benzene rings is 1. The van der Waals surface area contributed by atoms with E-state index in [4.69, 9.17) is 11.6 Å². The number of halogens is 1. The van der Waals surface area contributed by atoms with E-state index >= 15 is 0 Å². The molecular weight excluding hydrogens is 242 g/mol. The molecule has 0 amide bonds. The van der Waals surface area contributed by atoms with Crippen molar-refractivity contribution < 1.29 is 78.9 Å². The van der Waals surface area contributed by atoms with Crippen molar-refractivity contribution in [1.82, 2.24) is 0 Å². The normalized spacial score (nSPS) is 8.33. The third-order valence-electron chi connectivity index (χ3n) is 1.44. The Morgan fingerprint density at radius 2 is 1.60 bits per heavy atom. The van der Waals surface area contributed by atoms with Crippen LogP contribution in [0.2, 0.25) is 5.02 Å². The molecule has 0 aliphatic heterocycles. The quantitative estimate of drug-likeness (QED) is 0.484. The fourth-order valence-electron chi connectivity index (χ4n) is 0.902. The van der Waals surface area contributed by atoms with Gasteiger partial charge in [0.2, 0.25) is 0 Å². The minimum absolute atomic E-state index is 0. The van der Waals surface area contributed by atoms with Gasteiger partial charge in [-0.1, -0.05) is 23.7 Å². The Morgan fingerprint density at radius 1 is 1.07 bits per heavy atom. The van der Waals surface area contributed by atoms with Gasteiger partial charge in [-0.25, -0.2) is 0 Å². The van der Waals surface area contributed by atoms with Crippen LogP contribution in [0.1, 0.15) is 20.7 Å². The molecule has 0 radical (unpaired) electrons.